The van der Waals surface area contributed by atoms with Gasteiger partial charge in [0.15, 0.2) is 0 Å². The molecule has 154 valence electrons. The molecule has 2 aliphatic rings. The highest BCUT2D eigenvalue weighted by atomic mass is 35.5. The van der Waals surface area contributed by atoms with Gasteiger partial charge in [-0.3, -0.25) is 9.88 Å². The van der Waals surface area contributed by atoms with Gasteiger partial charge in [0, 0.05) is 31.4 Å². The number of fused-ring (bicyclic) bond motifs is 1. The number of hydrogen-bond acceptors (Lipinski definition) is 4. The minimum atomic E-state index is -0.324. The maximum absolute atomic E-state index is 13.5. The van der Waals surface area contributed by atoms with Crippen LogP contribution in [0.1, 0.15) is 24.2 Å². The lowest BCUT2D eigenvalue weighted by Gasteiger charge is -2.18. The van der Waals surface area contributed by atoms with E-state index in [4.69, 9.17) is 11.6 Å². The molecule has 1 saturated carbocycles. The third kappa shape index (κ3) is 4.23. The standard InChI is InChI=1S/C24H24ClFN4/c25-23-6-4-19(26)12-22(23)24-7-5-20(28-29-24)11-16-9-17-13-30(14-18(17)10-16)15-21-3-1-2-8-27-21/h1-8,12,16-18H,9-11,13-15H2/t16?,17-,18+. The Morgan fingerprint density at radius 3 is 2.50 bits per heavy atom. The van der Waals surface area contributed by atoms with E-state index >= 15 is 0 Å². The number of nitrogens with zero attached hydrogens (tertiary/aromatic N) is 4. The largest absolute Gasteiger partial charge is 0.297 e. The first-order valence-corrected chi connectivity index (χ1v) is 10.9. The van der Waals surface area contributed by atoms with Gasteiger partial charge in [0.1, 0.15) is 5.82 Å². The molecule has 1 aromatic carbocycles. The van der Waals surface area contributed by atoms with Crippen LogP contribution in [0, 0.1) is 23.6 Å². The zero-order valence-corrected chi connectivity index (χ0v) is 17.5. The molecule has 3 heterocycles. The maximum Gasteiger partial charge on any atom is 0.123 e. The second-order valence-corrected chi connectivity index (χ2v) is 9.02. The zero-order valence-electron chi connectivity index (χ0n) is 16.7. The third-order valence-electron chi connectivity index (χ3n) is 6.46. The number of aromatic nitrogens is 3. The molecule has 2 fully saturated rings. The molecular weight excluding hydrogens is 399 g/mol. The smallest absolute Gasteiger partial charge is 0.123 e. The Morgan fingerprint density at radius 2 is 1.80 bits per heavy atom. The Hall–Kier alpha value is -2.37. The number of hydrogen-bond donors (Lipinski definition) is 0. The van der Waals surface area contributed by atoms with Crippen molar-refractivity contribution in [3.05, 3.63) is 77.0 Å². The van der Waals surface area contributed by atoms with Crippen LogP contribution in [0.25, 0.3) is 11.3 Å². The van der Waals surface area contributed by atoms with Crippen molar-refractivity contribution in [2.24, 2.45) is 17.8 Å². The monoisotopic (exact) mass is 422 g/mol. The van der Waals surface area contributed by atoms with Crippen molar-refractivity contribution < 1.29 is 4.39 Å². The summed E-state index contributed by atoms with van der Waals surface area (Å²) in [7, 11) is 0. The van der Waals surface area contributed by atoms with Gasteiger partial charge in [-0.1, -0.05) is 17.7 Å². The van der Waals surface area contributed by atoms with Gasteiger partial charge in [-0.2, -0.15) is 10.2 Å². The Balaban J connectivity index is 1.17. The molecule has 0 amide bonds. The molecule has 0 radical (unpaired) electrons. The molecule has 0 N–H and O–H groups in total. The van der Waals surface area contributed by atoms with Crippen LogP contribution in [0.4, 0.5) is 4.39 Å². The summed E-state index contributed by atoms with van der Waals surface area (Å²) in [5, 5.41) is 9.20. The molecule has 3 aromatic rings. The summed E-state index contributed by atoms with van der Waals surface area (Å²) in [6, 6.07) is 14.3. The van der Waals surface area contributed by atoms with Crippen molar-refractivity contribution >= 4 is 11.6 Å². The normalized spacial score (nSPS) is 23.6. The molecule has 4 nitrogen and oxygen atoms in total. The average molecular weight is 423 g/mol. The summed E-state index contributed by atoms with van der Waals surface area (Å²) in [6.07, 6.45) is 5.33. The minimum absolute atomic E-state index is 0.324. The van der Waals surface area contributed by atoms with Crippen LogP contribution in [-0.4, -0.2) is 33.2 Å². The van der Waals surface area contributed by atoms with Crippen LogP contribution in [0.3, 0.4) is 0 Å². The number of rotatable bonds is 5. The van der Waals surface area contributed by atoms with E-state index in [1.54, 1.807) is 6.07 Å². The van der Waals surface area contributed by atoms with E-state index in [9.17, 15) is 4.39 Å². The predicted octanol–water partition coefficient (Wildman–Crippen LogP) is 5.03. The number of halogens is 2. The van der Waals surface area contributed by atoms with E-state index in [0.717, 1.165) is 36.2 Å². The van der Waals surface area contributed by atoms with E-state index in [2.05, 4.69) is 32.2 Å². The summed E-state index contributed by atoms with van der Waals surface area (Å²) in [4.78, 5) is 7.01. The van der Waals surface area contributed by atoms with Crippen LogP contribution in [-0.2, 0) is 13.0 Å². The van der Waals surface area contributed by atoms with Gasteiger partial charge >= 0.3 is 0 Å². The van der Waals surface area contributed by atoms with Gasteiger partial charge < -0.3 is 0 Å². The molecule has 6 heteroatoms. The summed E-state index contributed by atoms with van der Waals surface area (Å²) in [5.41, 5.74) is 3.35. The fourth-order valence-electron chi connectivity index (χ4n) is 5.14. The highest BCUT2D eigenvalue weighted by Gasteiger charge is 2.40. The highest BCUT2D eigenvalue weighted by Crippen LogP contribution is 2.43. The SMILES string of the molecule is Fc1ccc(Cl)c(-c2ccc(CC3C[C@@H]4CN(Cc5ccccn5)C[C@@H]4C3)nn2)c1. The molecular formula is C24H24ClFN4. The fraction of sp³-hybridized carbons (Fsp3) is 0.375. The van der Waals surface area contributed by atoms with Crippen molar-refractivity contribution in [2.45, 2.75) is 25.8 Å². The zero-order chi connectivity index (χ0) is 20.5. The molecule has 5 rings (SSSR count). The van der Waals surface area contributed by atoms with Gasteiger partial charge in [-0.15, -0.1) is 0 Å². The Morgan fingerprint density at radius 1 is 0.967 bits per heavy atom. The van der Waals surface area contributed by atoms with E-state index in [-0.39, 0.29) is 5.82 Å². The number of pyridine rings is 1. The molecule has 1 unspecified atom stereocenters. The lowest BCUT2D eigenvalue weighted by molar-refractivity contribution is 0.286. The summed E-state index contributed by atoms with van der Waals surface area (Å²) in [5.74, 6) is 1.89. The average Bonchev–Trinajstić information content (AvgIpc) is 3.29. The molecule has 0 spiro atoms. The van der Waals surface area contributed by atoms with Gasteiger partial charge in [0.2, 0.25) is 0 Å². The first-order chi connectivity index (χ1) is 14.6. The van der Waals surface area contributed by atoms with Gasteiger partial charge in [-0.25, -0.2) is 4.39 Å². The van der Waals surface area contributed by atoms with Crippen LogP contribution in [0.2, 0.25) is 5.02 Å². The van der Waals surface area contributed by atoms with E-state index in [0.29, 0.717) is 22.2 Å². The van der Waals surface area contributed by atoms with Crippen molar-refractivity contribution in [3.8, 4) is 11.3 Å². The van der Waals surface area contributed by atoms with E-state index in [1.165, 1.54) is 38.1 Å². The van der Waals surface area contributed by atoms with Crippen LogP contribution >= 0.6 is 11.6 Å². The Bertz CT molecular complexity index is 997. The van der Waals surface area contributed by atoms with Crippen LogP contribution < -0.4 is 0 Å². The minimum Gasteiger partial charge on any atom is -0.297 e. The molecule has 1 saturated heterocycles. The molecule has 30 heavy (non-hydrogen) atoms. The van der Waals surface area contributed by atoms with Gasteiger partial charge in [0.05, 0.1) is 22.1 Å². The lowest BCUT2D eigenvalue weighted by atomic mass is 9.99. The first-order valence-electron chi connectivity index (χ1n) is 10.5. The fourth-order valence-corrected chi connectivity index (χ4v) is 5.36. The van der Waals surface area contributed by atoms with Crippen LogP contribution in [0.15, 0.2) is 54.7 Å². The number of likely N-dealkylation sites (tertiary alicyclic amines) is 1. The lowest BCUT2D eigenvalue weighted by Crippen LogP contribution is -2.22. The summed E-state index contributed by atoms with van der Waals surface area (Å²) in [6.45, 7) is 3.29. The Labute approximate surface area is 181 Å². The van der Waals surface area contributed by atoms with Crippen molar-refractivity contribution in [1.82, 2.24) is 20.1 Å². The summed E-state index contributed by atoms with van der Waals surface area (Å²) < 4.78 is 13.5. The third-order valence-corrected chi connectivity index (χ3v) is 6.79. The molecule has 3 atom stereocenters. The molecule has 0 bridgehead atoms. The second-order valence-electron chi connectivity index (χ2n) is 8.61. The van der Waals surface area contributed by atoms with Crippen molar-refractivity contribution in [2.75, 3.05) is 13.1 Å². The topological polar surface area (TPSA) is 41.9 Å². The highest BCUT2D eigenvalue weighted by molar-refractivity contribution is 6.33. The molecule has 1 aliphatic heterocycles. The summed E-state index contributed by atoms with van der Waals surface area (Å²) >= 11 is 6.18. The van der Waals surface area contributed by atoms with Crippen LogP contribution in [0.5, 0.6) is 0 Å². The van der Waals surface area contributed by atoms with Crippen molar-refractivity contribution in [3.63, 3.8) is 0 Å². The quantitative estimate of drug-likeness (QED) is 0.578. The van der Waals surface area contributed by atoms with Gasteiger partial charge in [-0.05, 0) is 79.5 Å². The van der Waals surface area contributed by atoms with E-state index < -0.39 is 0 Å². The first kappa shape index (κ1) is 19.6. The predicted molar refractivity (Wildman–Crippen MR) is 115 cm³/mol. The van der Waals surface area contributed by atoms with Crippen molar-refractivity contribution in [1.29, 1.82) is 0 Å². The molecule has 2 aromatic heterocycles. The second kappa shape index (κ2) is 8.40. The van der Waals surface area contributed by atoms with E-state index in [1.807, 2.05) is 24.4 Å². The Kier molecular flexibility index (Phi) is 5.48. The molecule has 1 aliphatic carbocycles. The van der Waals surface area contributed by atoms with Gasteiger partial charge in [0.25, 0.3) is 0 Å². The maximum atomic E-state index is 13.5. The number of benzene rings is 1.